The van der Waals surface area contributed by atoms with Crippen LogP contribution >= 0.6 is 11.8 Å². The van der Waals surface area contributed by atoms with Crippen molar-refractivity contribution < 1.29 is 0 Å². The molecule has 1 saturated carbocycles. The van der Waals surface area contributed by atoms with E-state index in [0.29, 0.717) is 6.04 Å². The van der Waals surface area contributed by atoms with Gasteiger partial charge in [0.2, 0.25) is 0 Å². The second-order valence-corrected chi connectivity index (χ2v) is 7.25. The normalized spacial score (nSPS) is 24.2. The van der Waals surface area contributed by atoms with E-state index >= 15 is 0 Å². The molecule has 3 heteroatoms. The van der Waals surface area contributed by atoms with Crippen molar-refractivity contribution in [2.45, 2.75) is 52.5 Å². The first-order valence-electron chi connectivity index (χ1n) is 7.84. The van der Waals surface area contributed by atoms with E-state index in [1.54, 1.807) is 11.8 Å². The summed E-state index contributed by atoms with van der Waals surface area (Å²) in [6.07, 6.45) is 5.16. The van der Waals surface area contributed by atoms with Gasteiger partial charge < -0.3 is 0 Å². The fourth-order valence-corrected chi connectivity index (χ4v) is 3.70. The Morgan fingerprint density at radius 3 is 2.52 bits per heavy atom. The van der Waals surface area contributed by atoms with Crippen LogP contribution in [0.25, 0.3) is 0 Å². The molecule has 0 aromatic heterocycles. The molecule has 0 amide bonds. The molecule has 1 aliphatic carbocycles. The highest BCUT2D eigenvalue weighted by Gasteiger charge is 2.18. The lowest BCUT2D eigenvalue weighted by atomic mass is 9.87. The quantitative estimate of drug-likeness (QED) is 0.551. The van der Waals surface area contributed by atoms with Crippen LogP contribution in [0.1, 0.15) is 50.7 Å². The van der Waals surface area contributed by atoms with E-state index in [4.69, 9.17) is 4.99 Å². The van der Waals surface area contributed by atoms with Crippen molar-refractivity contribution in [1.82, 2.24) is 0 Å². The summed E-state index contributed by atoms with van der Waals surface area (Å²) in [5.41, 5.74) is 2.46. The number of aryl methyl sites for hydroxylation is 1. The highest BCUT2D eigenvalue weighted by atomic mass is 32.2. The molecule has 1 aromatic carbocycles. The van der Waals surface area contributed by atoms with E-state index in [1.165, 1.54) is 36.8 Å². The Hall–Kier alpha value is -1.09. The number of hydrogen-bond donors (Lipinski definition) is 0. The Morgan fingerprint density at radius 2 is 1.90 bits per heavy atom. The van der Waals surface area contributed by atoms with Crippen molar-refractivity contribution in [3.63, 3.8) is 0 Å². The summed E-state index contributed by atoms with van der Waals surface area (Å²) in [4.78, 5) is 9.35. The van der Waals surface area contributed by atoms with Gasteiger partial charge in [-0.25, -0.2) is 0 Å². The van der Waals surface area contributed by atoms with E-state index in [2.05, 4.69) is 50.0 Å². The number of rotatable bonds is 2. The highest BCUT2D eigenvalue weighted by molar-refractivity contribution is 8.27. The maximum atomic E-state index is 4.92. The predicted molar refractivity (Wildman–Crippen MR) is 95.8 cm³/mol. The molecule has 0 radical (unpaired) electrons. The second-order valence-electron chi connectivity index (χ2n) is 6.07. The van der Waals surface area contributed by atoms with E-state index in [1.807, 2.05) is 7.05 Å². The van der Waals surface area contributed by atoms with E-state index in [-0.39, 0.29) is 0 Å². The summed E-state index contributed by atoms with van der Waals surface area (Å²) in [5.74, 6) is 0.821. The molecule has 0 spiro atoms. The topological polar surface area (TPSA) is 24.7 Å². The second kappa shape index (κ2) is 7.79. The summed E-state index contributed by atoms with van der Waals surface area (Å²) in [6, 6.07) is 9.06. The Morgan fingerprint density at radius 1 is 1.19 bits per heavy atom. The minimum absolute atomic E-state index is 0.511. The smallest absolute Gasteiger partial charge is 0.103 e. The van der Waals surface area contributed by atoms with Gasteiger partial charge in [-0.2, -0.15) is 0 Å². The molecule has 0 bridgehead atoms. The largest absolute Gasteiger partial charge is 0.281 e. The Balaban J connectivity index is 2.02. The average Bonchev–Trinajstić information content (AvgIpc) is 2.46. The maximum absolute atomic E-state index is 4.92. The van der Waals surface area contributed by atoms with Crippen molar-refractivity contribution in [1.29, 1.82) is 0 Å². The third kappa shape index (κ3) is 4.99. The van der Waals surface area contributed by atoms with Gasteiger partial charge in [0.1, 0.15) is 5.04 Å². The van der Waals surface area contributed by atoms with Crippen LogP contribution in [0.5, 0.6) is 0 Å². The summed E-state index contributed by atoms with van der Waals surface area (Å²) in [5, 5.41) is 2.19. The zero-order chi connectivity index (χ0) is 15.2. The molecule has 1 aliphatic rings. The summed E-state index contributed by atoms with van der Waals surface area (Å²) >= 11 is 1.70. The molecule has 21 heavy (non-hydrogen) atoms. The van der Waals surface area contributed by atoms with Gasteiger partial charge >= 0.3 is 0 Å². The van der Waals surface area contributed by atoms with Gasteiger partial charge in [-0.1, -0.05) is 61.4 Å². The van der Waals surface area contributed by atoms with Gasteiger partial charge in [-0.05, 0) is 32.6 Å². The molecule has 0 N–H and O–H groups in total. The minimum atomic E-state index is 0.511. The standard InChI is InChI=1S/C18H26N2S/c1-13-8-10-16(11-9-13)18(19-4)21-15(3)20-17-7-5-6-14(2)12-17/h8-11,14,17H,5-7,12H2,1-4H3/b19-18-,20-15-. The number of aliphatic imine (C=N–C) groups is 2. The highest BCUT2D eigenvalue weighted by Crippen LogP contribution is 2.27. The van der Waals surface area contributed by atoms with Crippen LogP contribution in [0, 0.1) is 12.8 Å². The molecule has 2 atom stereocenters. The van der Waals surface area contributed by atoms with Crippen molar-refractivity contribution in [2.24, 2.45) is 15.9 Å². The number of hydrogen-bond acceptors (Lipinski definition) is 3. The Bertz CT molecular complexity index is 517. The summed E-state index contributed by atoms with van der Waals surface area (Å²) in [7, 11) is 1.86. The fourth-order valence-electron chi connectivity index (χ4n) is 2.87. The lowest BCUT2D eigenvalue weighted by Gasteiger charge is -2.24. The number of benzene rings is 1. The Kier molecular flexibility index (Phi) is 6.04. The first kappa shape index (κ1) is 16.3. The average molecular weight is 302 g/mol. The summed E-state index contributed by atoms with van der Waals surface area (Å²) in [6.45, 7) is 6.56. The van der Waals surface area contributed by atoms with E-state index in [0.717, 1.165) is 16.0 Å². The van der Waals surface area contributed by atoms with Crippen molar-refractivity contribution in [3.8, 4) is 0 Å². The van der Waals surface area contributed by atoms with Crippen LogP contribution in [0.15, 0.2) is 34.3 Å². The zero-order valence-electron chi connectivity index (χ0n) is 13.6. The monoisotopic (exact) mass is 302 g/mol. The molecule has 0 saturated heterocycles. The molecule has 2 rings (SSSR count). The van der Waals surface area contributed by atoms with E-state index in [9.17, 15) is 0 Å². The van der Waals surface area contributed by atoms with Crippen LogP contribution in [0.4, 0.5) is 0 Å². The molecule has 0 aliphatic heterocycles. The lowest BCUT2D eigenvalue weighted by molar-refractivity contribution is 0.346. The lowest BCUT2D eigenvalue weighted by Crippen LogP contribution is -2.17. The molecule has 2 unspecified atom stereocenters. The molecule has 0 heterocycles. The summed E-state index contributed by atoms with van der Waals surface area (Å²) < 4.78 is 0. The van der Waals surface area contributed by atoms with Crippen molar-refractivity contribution >= 4 is 21.8 Å². The molecular weight excluding hydrogens is 276 g/mol. The molecule has 2 nitrogen and oxygen atoms in total. The van der Waals surface area contributed by atoms with Gasteiger partial charge in [0.15, 0.2) is 0 Å². The van der Waals surface area contributed by atoms with E-state index < -0.39 is 0 Å². The van der Waals surface area contributed by atoms with Gasteiger partial charge in [0.25, 0.3) is 0 Å². The van der Waals surface area contributed by atoms with Crippen LogP contribution in [-0.2, 0) is 0 Å². The first-order valence-corrected chi connectivity index (χ1v) is 8.66. The van der Waals surface area contributed by atoms with Gasteiger partial charge in [-0.15, -0.1) is 0 Å². The molecule has 1 aromatic rings. The zero-order valence-corrected chi connectivity index (χ0v) is 14.4. The predicted octanol–water partition coefficient (Wildman–Crippen LogP) is 5.10. The van der Waals surface area contributed by atoms with Crippen LogP contribution < -0.4 is 0 Å². The SMILES string of the molecule is C/N=C(\S/C(C)=N\C1CCCC(C)C1)c1ccc(C)cc1. The molecule has 114 valence electrons. The minimum Gasteiger partial charge on any atom is -0.281 e. The Labute approximate surface area is 133 Å². The van der Waals surface area contributed by atoms with Crippen LogP contribution in [0.2, 0.25) is 0 Å². The molecular formula is C18H26N2S. The van der Waals surface area contributed by atoms with Crippen LogP contribution in [-0.4, -0.2) is 23.2 Å². The number of thioether (sulfide) groups is 1. The maximum Gasteiger partial charge on any atom is 0.103 e. The van der Waals surface area contributed by atoms with Crippen molar-refractivity contribution in [2.75, 3.05) is 7.05 Å². The molecule has 1 fully saturated rings. The third-order valence-corrected chi connectivity index (χ3v) is 5.03. The van der Waals surface area contributed by atoms with Gasteiger partial charge in [0.05, 0.1) is 11.1 Å². The van der Waals surface area contributed by atoms with Gasteiger partial charge in [-0.3, -0.25) is 9.98 Å². The number of nitrogens with zero attached hydrogens (tertiary/aromatic N) is 2. The van der Waals surface area contributed by atoms with Crippen LogP contribution in [0.3, 0.4) is 0 Å². The first-order chi connectivity index (χ1) is 10.1. The van der Waals surface area contributed by atoms with Crippen molar-refractivity contribution in [3.05, 3.63) is 35.4 Å². The fraction of sp³-hybridized carbons (Fsp3) is 0.556. The third-order valence-electron chi connectivity index (χ3n) is 4.02. The van der Waals surface area contributed by atoms with Gasteiger partial charge in [0, 0.05) is 12.6 Å².